The molecule has 0 aliphatic heterocycles. The van der Waals surface area contributed by atoms with Crippen molar-refractivity contribution in [1.29, 1.82) is 0 Å². The molecule has 2 aromatic carbocycles. The number of rotatable bonds is 7. The number of aliphatic hydroxyl groups is 1. The van der Waals surface area contributed by atoms with Gasteiger partial charge in [0, 0.05) is 12.0 Å². The summed E-state index contributed by atoms with van der Waals surface area (Å²) in [6.07, 6.45) is -1.86. The van der Waals surface area contributed by atoms with Crippen LogP contribution in [0.3, 0.4) is 0 Å². The molecule has 2 rings (SSSR count). The molecule has 0 spiro atoms. The van der Waals surface area contributed by atoms with Gasteiger partial charge in [0.2, 0.25) is 0 Å². The molecule has 34 heavy (non-hydrogen) atoms. The molecular formula is C26H34ClFN2O4. The van der Waals surface area contributed by atoms with E-state index < -0.39 is 35.2 Å². The Morgan fingerprint density at radius 1 is 1.00 bits per heavy atom. The maximum absolute atomic E-state index is 14.3. The predicted octanol–water partition coefficient (Wildman–Crippen LogP) is 5.05. The van der Waals surface area contributed by atoms with Crippen LogP contribution in [0.25, 0.3) is 0 Å². The lowest BCUT2D eigenvalue weighted by Crippen LogP contribution is -2.48. The van der Waals surface area contributed by atoms with E-state index in [1.54, 1.807) is 57.2 Å². The summed E-state index contributed by atoms with van der Waals surface area (Å²) < 4.78 is 19.7. The smallest absolute Gasteiger partial charge is 0.407 e. The van der Waals surface area contributed by atoms with Crippen LogP contribution in [-0.2, 0) is 17.6 Å². The highest BCUT2D eigenvalue weighted by Crippen LogP contribution is 2.24. The lowest BCUT2D eigenvalue weighted by atomic mass is 9.93. The average Bonchev–Trinajstić information content (AvgIpc) is 2.66. The van der Waals surface area contributed by atoms with Crippen molar-refractivity contribution in [2.75, 3.05) is 0 Å². The summed E-state index contributed by atoms with van der Waals surface area (Å²) in [4.78, 5) is 25.4. The molecule has 0 radical (unpaired) electrons. The number of carbonyl (C=O) groups is 2. The van der Waals surface area contributed by atoms with Crippen molar-refractivity contribution in [2.45, 2.75) is 77.7 Å². The standard InChI is InChI=1S/C26H34ClFN2O4/c1-25(2,3)30-23(32)22-17(11-9-12-18(22)27)15-21(31)20(29-24(33)34-26(4,5)6)14-16-10-7-8-13-19(16)28/h7-13,20-21,31H,14-15H2,1-6H3,(H,29,33)(H,30,32)/t20-,21+/m1/s1. The zero-order chi connectivity index (χ0) is 25.7. The number of alkyl carbamates (subject to hydrolysis) is 1. The fourth-order valence-corrected chi connectivity index (χ4v) is 3.69. The van der Waals surface area contributed by atoms with E-state index in [2.05, 4.69) is 10.6 Å². The number of nitrogens with one attached hydrogen (secondary N) is 2. The van der Waals surface area contributed by atoms with Gasteiger partial charge in [-0.25, -0.2) is 9.18 Å². The minimum atomic E-state index is -1.16. The number of halogens is 2. The second kappa shape index (κ2) is 11.2. The maximum Gasteiger partial charge on any atom is 0.407 e. The van der Waals surface area contributed by atoms with E-state index in [4.69, 9.17) is 16.3 Å². The molecule has 186 valence electrons. The molecule has 0 heterocycles. The van der Waals surface area contributed by atoms with Gasteiger partial charge in [0.1, 0.15) is 11.4 Å². The van der Waals surface area contributed by atoms with Crippen molar-refractivity contribution < 1.29 is 23.8 Å². The maximum atomic E-state index is 14.3. The molecule has 2 aromatic rings. The van der Waals surface area contributed by atoms with Crippen LogP contribution in [-0.4, -0.2) is 40.4 Å². The normalized spacial score (nSPS) is 13.7. The van der Waals surface area contributed by atoms with Crippen molar-refractivity contribution in [3.8, 4) is 0 Å². The molecule has 0 aromatic heterocycles. The van der Waals surface area contributed by atoms with Gasteiger partial charge < -0.3 is 20.5 Å². The Morgan fingerprint density at radius 2 is 1.62 bits per heavy atom. The number of hydrogen-bond acceptors (Lipinski definition) is 4. The highest BCUT2D eigenvalue weighted by Gasteiger charge is 2.28. The van der Waals surface area contributed by atoms with Crippen LogP contribution in [0.1, 0.15) is 63.0 Å². The van der Waals surface area contributed by atoms with Crippen molar-refractivity contribution in [2.24, 2.45) is 0 Å². The fraction of sp³-hybridized carbons (Fsp3) is 0.462. The Balaban J connectivity index is 2.33. The van der Waals surface area contributed by atoms with E-state index >= 15 is 0 Å². The first-order chi connectivity index (χ1) is 15.7. The first-order valence-electron chi connectivity index (χ1n) is 11.2. The van der Waals surface area contributed by atoms with Crippen LogP contribution in [0.5, 0.6) is 0 Å². The van der Waals surface area contributed by atoms with Gasteiger partial charge in [0.25, 0.3) is 5.91 Å². The van der Waals surface area contributed by atoms with Crippen LogP contribution >= 0.6 is 11.6 Å². The lowest BCUT2D eigenvalue weighted by molar-refractivity contribution is 0.0421. The summed E-state index contributed by atoms with van der Waals surface area (Å²) in [6, 6.07) is 10.3. The predicted molar refractivity (Wildman–Crippen MR) is 132 cm³/mol. The van der Waals surface area contributed by atoms with Gasteiger partial charge in [-0.05, 0) is 71.2 Å². The Kier molecular flexibility index (Phi) is 9.08. The average molecular weight is 493 g/mol. The molecule has 0 unspecified atom stereocenters. The molecule has 0 bridgehead atoms. The highest BCUT2D eigenvalue weighted by molar-refractivity contribution is 6.34. The second-order valence-electron chi connectivity index (χ2n) is 10.3. The Hall–Kier alpha value is -2.64. The van der Waals surface area contributed by atoms with Crippen LogP contribution < -0.4 is 10.6 Å². The molecule has 2 amide bonds. The van der Waals surface area contributed by atoms with Gasteiger partial charge in [0.15, 0.2) is 0 Å². The summed E-state index contributed by atoms with van der Waals surface area (Å²) in [7, 11) is 0. The third-order valence-electron chi connectivity index (χ3n) is 4.81. The number of ether oxygens (including phenoxy) is 1. The van der Waals surface area contributed by atoms with Crippen LogP contribution in [0.4, 0.5) is 9.18 Å². The van der Waals surface area contributed by atoms with Gasteiger partial charge in [-0.3, -0.25) is 4.79 Å². The van der Waals surface area contributed by atoms with Gasteiger partial charge in [-0.2, -0.15) is 0 Å². The first kappa shape index (κ1) is 27.6. The summed E-state index contributed by atoms with van der Waals surface area (Å²) in [5.41, 5.74) is -0.147. The van der Waals surface area contributed by atoms with Gasteiger partial charge in [-0.1, -0.05) is 41.9 Å². The molecule has 2 atom stereocenters. The van der Waals surface area contributed by atoms with E-state index in [9.17, 15) is 19.1 Å². The summed E-state index contributed by atoms with van der Waals surface area (Å²) in [6.45, 7) is 10.7. The van der Waals surface area contributed by atoms with Crippen molar-refractivity contribution in [3.05, 3.63) is 70.0 Å². The van der Waals surface area contributed by atoms with Crippen LogP contribution in [0.15, 0.2) is 42.5 Å². The quantitative estimate of drug-likeness (QED) is 0.505. The number of amides is 2. The Labute approximate surface area is 205 Å². The van der Waals surface area contributed by atoms with E-state index in [1.165, 1.54) is 6.07 Å². The summed E-state index contributed by atoms with van der Waals surface area (Å²) in [5.74, 6) is -0.815. The largest absolute Gasteiger partial charge is 0.444 e. The highest BCUT2D eigenvalue weighted by atomic mass is 35.5. The Morgan fingerprint density at radius 3 is 2.21 bits per heavy atom. The van der Waals surface area contributed by atoms with Crippen molar-refractivity contribution in [3.63, 3.8) is 0 Å². The first-order valence-corrected chi connectivity index (χ1v) is 11.5. The van der Waals surface area contributed by atoms with Gasteiger partial charge in [-0.15, -0.1) is 0 Å². The van der Waals surface area contributed by atoms with E-state index in [1.807, 2.05) is 20.8 Å². The minimum Gasteiger partial charge on any atom is -0.444 e. The van der Waals surface area contributed by atoms with E-state index in [0.29, 0.717) is 11.1 Å². The third-order valence-corrected chi connectivity index (χ3v) is 5.12. The number of benzene rings is 2. The van der Waals surface area contributed by atoms with Gasteiger partial charge in [0.05, 0.1) is 22.7 Å². The van der Waals surface area contributed by atoms with Crippen molar-refractivity contribution in [1.82, 2.24) is 10.6 Å². The Bertz CT molecular complexity index is 1010. The SMILES string of the molecule is CC(C)(C)NC(=O)c1c(Cl)cccc1C[C@H](O)[C@@H](Cc1ccccc1F)NC(=O)OC(C)(C)C. The lowest BCUT2D eigenvalue weighted by Gasteiger charge is -2.28. The van der Waals surface area contributed by atoms with Crippen molar-refractivity contribution >= 4 is 23.6 Å². The molecule has 0 aliphatic carbocycles. The fourth-order valence-electron chi connectivity index (χ4n) is 3.41. The minimum absolute atomic E-state index is 0.00235. The molecule has 8 heteroatoms. The molecule has 0 aliphatic rings. The molecule has 0 saturated heterocycles. The van der Waals surface area contributed by atoms with Crippen LogP contribution in [0.2, 0.25) is 5.02 Å². The monoisotopic (exact) mass is 492 g/mol. The van der Waals surface area contributed by atoms with Gasteiger partial charge >= 0.3 is 6.09 Å². The molecule has 3 N–H and O–H groups in total. The molecule has 0 saturated carbocycles. The summed E-state index contributed by atoms with van der Waals surface area (Å²) >= 11 is 6.34. The zero-order valence-corrected chi connectivity index (χ0v) is 21.3. The molecule has 6 nitrogen and oxygen atoms in total. The zero-order valence-electron chi connectivity index (χ0n) is 20.5. The van der Waals surface area contributed by atoms with Crippen LogP contribution in [0, 0.1) is 5.82 Å². The molecule has 0 fully saturated rings. The summed E-state index contributed by atoms with van der Waals surface area (Å²) in [5, 5.41) is 16.9. The van der Waals surface area contributed by atoms with E-state index in [0.717, 1.165) is 0 Å². The third kappa shape index (κ3) is 8.61. The number of aliphatic hydroxyl groups excluding tert-OH is 1. The topological polar surface area (TPSA) is 87.7 Å². The second-order valence-corrected chi connectivity index (χ2v) is 10.7. The molecular weight excluding hydrogens is 459 g/mol. The number of hydrogen-bond donors (Lipinski definition) is 3. The number of carbonyl (C=O) groups excluding carboxylic acids is 2. The van der Waals surface area contributed by atoms with E-state index in [-0.39, 0.29) is 29.3 Å².